The van der Waals surface area contributed by atoms with E-state index in [9.17, 15) is 30.0 Å². The molecule has 1 unspecified atom stereocenters. The zero-order valence-corrected chi connectivity index (χ0v) is 23.5. The van der Waals surface area contributed by atoms with Crippen LogP contribution in [-0.2, 0) is 25.5 Å². The van der Waals surface area contributed by atoms with Gasteiger partial charge in [0.05, 0.1) is 5.92 Å². The number of esters is 1. The third-order valence-corrected chi connectivity index (χ3v) is 9.51. The third-order valence-electron chi connectivity index (χ3n) is 5.55. The highest BCUT2D eigenvalue weighted by Gasteiger charge is 2.43. The zero-order valence-electron chi connectivity index (χ0n) is 20.2. The van der Waals surface area contributed by atoms with Gasteiger partial charge in [0.15, 0.2) is 6.29 Å². The molecule has 2 heterocycles. The highest BCUT2D eigenvalue weighted by atomic mass is 33.1. The van der Waals surface area contributed by atoms with Crippen LogP contribution in [0.2, 0.25) is 0 Å². The van der Waals surface area contributed by atoms with E-state index < -0.39 is 49.3 Å². The molecule has 1 amide bonds. The van der Waals surface area contributed by atoms with Crippen LogP contribution >= 0.6 is 44.7 Å². The molecule has 0 aliphatic carbocycles. The van der Waals surface area contributed by atoms with Gasteiger partial charge in [-0.15, -0.1) is 0 Å². The van der Waals surface area contributed by atoms with Crippen LogP contribution in [0.15, 0.2) is 16.8 Å². The maximum Gasteiger partial charge on any atom is 0.328 e. The van der Waals surface area contributed by atoms with Gasteiger partial charge in [-0.1, -0.05) is 21.6 Å². The number of nitrogens with one attached hydrogen (secondary N) is 1. The first-order valence-corrected chi connectivity index (χ1v) is 16.3. The number of hydrogen-bond acceptors (Lipinski definition) is 13. The molecular weight excluding hydrogens is 549 g/mol. The Morgan fingerprint density at radius 1 is 1.19 bits per heavy atom. The molecule has 2 rings (SSSR count). The molecule has 1 fully saturated rings. The van der Waals surface area contributed by atoms with E-state index in [0.29, 0.717) is 12.2 Å². The average Bonchev–Trinajstić information content (AvgIpc) is 3.37. The van der Waals surface area contributed by atoms with Gasteiger partial charge >= 0.3 is 5.97 Å². The van der Waals surface area contributed by atoms with Crippen LogP contribution in [0, 0.1) is 5.92 Å². The van der Waals surface area contributed by atoms with Gasteiger partial charge in [0, 0.05) is 17.5 Å². The summed E-state index contributed by atoms with van der Waals surface area (Å²) in [5.74, 6) is 0.932. The van der Waals surface area contributed by atoms with E-state index in [1.807, 2.05) is 23.1 Å². The minimum atomic E-state index is -1.72. The van der Waals surface area contributed by atoms with Gasteiger partial charge < -0.3 is 41.0 Å². The van der Waals surface area contributed by atoms with Crippen LogP contribution in [0.5, 0.6) is 0 Å². The molecule has 0 spiro atoms. The summed E-state index contributed by atoms with van der Waals surface area (Å²) < 4.78 is 10.1. The number of nitrogens with two attached hydrogens (primary N) is 1. The molecule has 1 aliphatic rings. The lowest BCUT2D eigenvalue weighted by atomic mass is 9.99. The largest absolute Gasteiger partial charge is 0.461 e. The van der Waals surface area contributed by atoms with Crippen molar-refractivity contribution in [1.29, 1.82) is 0 Å². The van der Waals surface area contributed by atoms with Gasteiger partial charge in [-0.05, 0) is 54.2 Å². The molecule has 1 aromatic rings. The second-order valence-electron chi connectivity index (χ2n) is 8.54. The molecule has 1 aliphatic heterocycles. The fraction of sp³-hybridized carbons (Fsp3) is 0.727. The van der Waals surface area contributed by atoms with Gasteiger partial charge in [-0.25, -0.2) is 4.79 Å². The molecule has 10 nitrogen and oxygen atoms in total. The van der Waals surface area contributed by atoms with Crippen molar-refractivity contribution < 1.29 is 39.5 Å². The molecular formula is C22H36N2O8S4. The van der Waals surface area contributed by atoms with Crippen LogP contribution in [0.3, 0.4) is 0 Å². The quantitative estimate of drug-likeness (QED) is 0.0942. The predicted molar refractivity (Wildman–Crippen MR) is 145 cm³/mol. The Kier molecular flexibility index (Phi) is 14.4. The number of rotatable bonds is 15. The average molecular weight is 585 g/mol. The molecule has 7 N–H and O–H groups in total. The lowest BCUT2D eigenvalue weighted by Crippen LogP contribution is -2.58. The molecule has 0 aromatic carbocycles. The normalized spacial score (nSPS) is 26.7. The Labute approximate surface area is 227 Å². The Morgan fingerprint density at radius 3 is 2.58 bits per heavy atom. The lowest BCUT2D eigenvalue weighted by Gasteiger charge is -2.38. The van der Waals surface area contributed by atoms with Gasteiger partial charge in [0.1, 0.15) is 37.1 Å². The van der Waals surface area contributed by atoms with Crippen LogP contribution in [0.4, 0.5) is 0 Å². The summed E-state index contributed by atoms with van der Waals surface area (Å²) >= 11 is 3.31. The molecule has 0 saturated carbocycles. The Hall–Kier alpha value is -0.550. The topological polar surface area (TPSA) is 172 Å². The van der Waals surface area contributed by atoms with Crippen LogP contribution in [-0.4, -0.2) is 105 Å². The molecule has 14 heteroatoms. The van der Waals surface area contributed by atoms with Gasteiger partial charge in [-0.2, -0.15) is 23.1 Å². The van der Waals surface area contributed by atoms with E-state index in [2.05, 4.69) is 5.32 Å². The van der Waals surface area contributed by atoms with Crippen LogP contribution in [0.25, 0.3) is 0 Å². The van der Waals surface area contributed by atoms with E-state index in [-0.39, 0.29) is 17.9 Å². The maximum atomic E-state index is 13.0. The highest BCUT2D eigenvalue weighted by Crippen LogP contribution is 2.27. The summed E-state index contributed by atoms with van der Waals surface area (Å²) in [6.45, 7) is 1.02. The molecule has 36 heavy (non-hydrogen) atoms. The monoisotopic (exact) mass is 584 g/mol. The number of amides is 1. The number of thioether (sulfide) groups is 1. The summed E-state index contributed by atoms with van der Waals surface area (Å²) in [6, 6.07) is 1.10. The maximum absolute atomic E-state index is 13.0. The van der Waals surface area contributed by atoms with Crippen molar-refractivity contribution in [2.24, 2.45) is 11.7 Å². The van der Waals surface area contributed by atoms with Crippen molar-refractivity contribution in [2.75, 3.05) is 30.1 Å². The van der Waals surface area contributed by atoms with E-state index >= 15 is 0 Å². The lowest BCUT2D eigenvalue weighted by molar-refractivity contribution is -0.287. The van der Waals surface area contributed by atoms with Gasteiger partial charge in [0.25, 0.3) is 0 Å². The minimum absolute atomic E-state index is 0.103. The van der Waals surface area contributed by atoms with Gasteiger partial charge in [0.2, 0.25) is 5.91 Å². The van der Waals surface area contributed by atoms with Crippen molar-refractivity contribution in [3.05, 3.63) is 22.4 Å². The van der Waals surface area contributed by atoms with Crippen LogP contribution in [0.1, 0.15) is 18.9 Å². The molecule has 8 atom stereocenters. The molecule has 0 radical (unpaired) electrons. The summed E-state index contributed by atoms with van der Waals surface area (Å²) in [5.41, 5.74) is 7.16. The van der Waals surface area contributed by atoms with Crippen LogP contribution < -0.4 is 11.1 Å². The summed E-state index contributed by atoms with van der Waals surface area (Å²) in [7, 11) is 3.22. The fourth-order valence-electron chi connectivity index (χ4n) is 3.29. The summed E-state index contributed by atoms with van der Waals surface area (Å²) in [4.78, 5) is 25.5. The zero-order chi connectivity index (χ0) is 26.7. The van der Waals surface area contributed by atoms with E-state index in [1.54, 1.807) is 44.7 Å². The second-order valence-corrected chi connectivity index (χ2v) is 12.9. The summed E-state index contributed by atoms with van der Waals surface area (Å²) in [5, 5.41) is 45.5. The van der Waals surface area contributed by atoms with Crippen molar-refractivity contribution in [3.63, 3.8) is 0 Å². The van der Waals surface area contributed by atoms with E-state index in [1.165, 1.54) is 6.92 Å². The van der Waals surface area contributed by atoms with E-state index in [4.69, 9.17) is 15.2 Å². The Morgan fingerprint density at radius 2 is 1.92 bits per heavy atom. The minimum Gasteiger partial charge on any atom is -0.461 e. The smallest absolute Gasteiger partial charge is 0.328 e. The second kappa shape index (κ2) is 16.4. The van der Waals surface area contributed by atoms with Crippen molar-refractivity contribution >= 4 is 56.6 Å². The molecule has 1 saturated heterocycles. The standard InChI is InChI=1S/C22H36N2O8S4/c1-12(21(29)31-8-16-17(25)18(26)19(27)22(30)32-16)24-20(28)14(7-13-3-6-34-9-13)10-35-36-11-15(23)4-5-33-2/h3,6,9,12,14-19,22,25-27,30H,4-5,7-8,10-11,23H2,1-2H3,(H,24,28)/t12-,14?,15-,16+,17+,18-,19+,22+/m0/s1. The van der Waals surface area contributed by atoms with Crippen molar-refractivity contribution in [3.8, 4) is 0 Å². The first-order chi connectivity index (χ1) is 17.1. The number of aliphatic hydroxyl groups excluding tert-OH is 4. The van der Waals surface area contributed by atoms with Crippen molar-refractivity contribution in [1.82, 2.24) is 5.32 Å². The highest BCUT2D eigenvalue weighted by molar-refractivity contribution is 8.76. The first-order valence-electron chi connectivity index (χ1n) is 11.5. The number of carbonyl (C=O) groups is 2. The molecule has 206 valence electrons. The Balaban J connectivity index is 1.84. The predicted octanol–water partition coefficient (Wildman–Crippen LogP) is 0.216. The number of carbonyl (C=O) groups excluding carboxylic acids is 2. The first kappa shape index (κ1) is 31.7. The number of ether oxygens (including phenoxy) is 2. The van der Waals surface area contributed by atoms with Gasteiger partial charge in [-0.3, -0.25) is 4.79 Å². The summed E-state index contributed by atoms with van der Waals surface area (Å²) in [6.07, 6.45) is -4.32. The fourth-order valence-corrected chi connectivity index (χ4v) is 7.07. The molecule has 0 bridgehead atoms. The SMILES string of the molecule is CSCC[C@H](N)CSSCC(Cc1ccsc1)C(=O)N[C@@H](C)C(=O)OC[C@H]1O[C@@H](O)[C@H](O)[C@@H](O)[C@@H]1O. The number of thiophene rings is 1. The third kappa shape index (κ3) is 10.3. The Bertz CT molecular complexity index is 790. The number of hydrogen-bond donors (Lipinski definition) is 6. The molecule has 1 aromatic heterocycles. The van der Waals surface area contributed by atoms with E-state index in [0.717, 1.165) is 23.5 Å². The number of aliphatic hydroxyl groups is 4. The van der Waals surface area contributed by atoms with Crippen molar-refractivity contribution in [2.45, 2.75) is 62.6 Å².